The highest BCUT2D eigenvalue weighted by molar-refractivity contribution is 7.26. The minimum atomic E-state index is -0.297. The van der Waals surface area contributed by atoms with Crippen molar-refractivity contribution < 1.29 is 18.7 Å². The van der Waals surface area contributed by atoms with E-state index in [-0.39, 0.29) is 16.8 Å². The number of hydrogen-bond donors (Lipinski definition) is 1. The molecule has 3 aromatic carbocycles. The van der Waals surface area contributed by atoms with Crippen LogP contribution in [-0.4, -0.2) is 70.0 Å². The van der Waals surface area contributed by atoms with Gasteiger partial charge in [-0.2, -0.15) is 0 Å². The summed E-state index contributed by atoms with van der Waals surface area (Å²) in [6, 6.07) is 19.9. The van der Waals surface area contributed by atoms with Gasteiger partial charge in [0.25, 0.3) is 0 Å². The number of benzene rings is 3. The molecular formula is C34H33N3O5S. The van der Waals surface area contributed by atoms with E-state index in [1.165, 1.54) is 0 Å². The number of para-hydroxylation sites is 1. The molecule has 0 spiro atoms. The molecule has 2 aliphatic heterocycles. The Kier molecular flexibility index (Phi) is 6.71. The Morgan fingerprint density at radius 3 is 2.33 bits per heavy atom. The lowest BCUT2D eigenvalue weighted by atomic mass is 10.00. The van der Waals surface area contributed by atoms with E-state index in [1.54, 1.807) is 17.4 Å². The normalized spacial score (nSPS) is 18.8. The van der Waals surface area contributed by atoms with Crippen LogP contribution in [0.25, 0.3) is 42.3 Å². The van der Waals surface area contributed by atoms with Gasteiger partial charge in [0.05, 0.1) is 37.2 Å². The van der Waals surface area contributed by atoms with Crippen molar-refractivity contribution in [3.8, 4) is 11.1 Å². The fraction of sp³-hybridized carbons (Fsp3) is 0.353. The molecule has 8 rings (SSSR count). The first kappa shape index (κ1) is 26.8. The number of morpholine rings is 2. The molecular weight excluding hydrogens is 562 g/mol. The van der Waals surface area contributed by atoms with Gasteiger partial charge in [-0.25, -0.2) is 0 Å². The molecule has 2 saturated heterocycles. The van der Waals surface area contributed by atoms with Crippen molar-refractivity contribution in [3.63, 3.8) is 0 Å². The Labute approximate surface area is 252 Å². The molecule has 2 aromatic heterocycles. The van der Waals surface area contributed by atoms with Gasteiger partial charge < -0.3 is 24.1 Å². The molecule has 9 heteroatoms. The maximum Gasteiger partial charge on any atom is 0.231 e. The first-order valence-corrected chi connectivity index (χ1v) is 15.9. The summed E-state index contributed by atoms with van der Waals surface area (Å²) in [7, 11) is 0. The third kappa shape index (κ3) is 4.90. The lowest BCUT2D eigenvalue weighted by Gasteiger charge is -2.30. The number of hydrogen-bond acceptors (Lipinski definition) is 8. The van der Waals surface area contributed by atoms with Gasteiger partial charge in [-0.15, -0.1) is 11.3 Å². The van der Waals surface area contributed by atoms with Crippen molar-refractivity contribution in [2.24, 2.45) is 5.41 Å². The molecule has 43 heavy (non-hydrogen) atoms. The van der Waals surface area contributed by atoms with Gasteiger partial charge in [0.15, 0.2) is 11.3 Å². The predicted octanol–water partition coefficient (Wildman–Crippen LogP) is 5.72. The Morgan fingerprint density at radius 1 is 0.837 bits per heavy atom. The van der Waals surface area contributed by atoms with Gasteiger partial charge in [-0.1, -0.05) is 30.3 Å². The molecule has 4 heterocycles. The number of amides is 1. The zero-order valence-corrected chi connectivity index (χ0v) is 24.7. The molecule has 0 radical (unpaired) electrons. The van der Waals surface area contributed by atoms with Crippen molar-refractivity contribution >= 4 is 60.0 Å². The van der Waals surface area contributed by atoms with E-state index in [9.17, 15) is 9.59 Å². The van der Waals surface area contributed by atoms with Gasteiger partial charge in [0.1, 0.15) is 5.58 Å². The van der Waals surface area contributed by atoms with E-state index < -0.39 is 0 Å². The molecule has 1 saturated carbocycles. The van der Waals surface area contributed by atoms with Crippen LogP contribution in [0.5, 0.6) is 0 Å². The van der Waals surface area contributed by atoms with E-state index in [2.05, 4.69) is 45.4 Å². The van der Waals surface area contributed by atoms with Gasteiger partial charge in [-0.3, -0.25) is 14.5 Å². The van der Waals surface area contributed by atoms with E-state index in [0.717, 1.165) is 82.7 Å². The molecule has 5 aromatic rings. The molecule has 3 aliphatic rings. The summed E-state index contributed by atoms with van der Waals surface area (Å²) in [6.07, 6.45) is 1.86. The molecule has 220 valence electrons. The maximum atomic E-state index is 13.4. The summed E-state index contributed by atoms with van der Waals surface area (Å²) in [5.74, 6) is 0.694. The summed E-state index contributed by atoms with van der Waals surface area (Å²) in [6.45, 7) is 6.65. The number of fused-ring (bicyclic) bond motifs is 4. The average molecular weight is 596 g/mol. The maximum absolute atomic E-state index is 13.4. The Hall–Kier alpha value is -3.76. The van der Waals surface area contributed by atoms with Crippen LogP contribution in [0.1, 0.15) is 12.8 Å². The Morgan fingerprint density at radius 2 is 1.56 bits per heavy atom. The SMILES string of the molecule is O=C(Nc1ccc2sc3c(-c4cccc5c(=O)cc(N6CCOCC6)oc45)cccc3c2c1)C1(CN2CCOCC2)CC1. The first-order chi connectivity index (χ1) is 21.1. The molecule has 8 nitrogen and oxygen atoms in total. The predicted molar refractivity (Wildman–Crippen MR) is 171 cm³/mol. The van der Waals surface area contributed by atoms with Crippen LogP contribution in [0.4, 0.5) is 11.6 Å². The number of nitrogens with zero attached hydrogens (tertiary/aromatic N) is 2. The van der Waals surface area contributed by atoms with Crippen LogP contribution in [0.2, 0.25) is 0 Å². The zero-order chi connectivity index (χ0) is 29.0. The highest BCUT2D eigenvalue weighted by atomic mass is 32.1. The van der Waals surface area contributed by atoms with Gasteiger partial charge in [0.2, 0.25) is 5.91 Å². The number of nitrogens with one attached hydrogen (secondary N) is 1. The van der Waals surface area contributed by atoms with Crippen molar-refractivity contribution in [1.29, 1.82) is 0 Å². The monoisotopic (exact) mass is 595 g/mol. The van der Waals surface area contributed by atoms with E-state index in [4.69, 9.17) is 13.9 Å². The second-order valence-electron chi connectivity index (χ2n) is 11.8. The standard InChI is InChI=1S/C34H33N3O5S/c38-28-20-30(37-13-17-41-18-14-37)42-31-23(3-1-6-26(28)31)24-4-2-5-25-27-19-22(7-8-29(27)43-32(24)25)35-33(39)34(9-10-34)21-36-11-15-40-16-12-36/h1-8,19-20H,9-18,21H2,(H,35,39). The number of rotatable bonds is 6. The summed E-state index contributed by atoms with van der Waals surface area (Å²) in [5, 5.41) is 6.03. The van der Waals surface area contributed by atoms with Crippen molar-refractivity contribution in [2.75, 3.05) is 69.4 Å². The molecule has 1 aliphatic carbocycles. The molecule has 0 atom stereocenters. The first-order valence-electron chi connectivity index (χ1n) is 15.0. The second-order valence-corrected chi connectivity index (χ2v) is 12.9. The topological polar surface area (TPSA) is 84.2 Å². The minimum absolute atomic E-state index is 0.0458. The summed E-state index contributed by atoms with van der Waals surface area (Å²) in [4.78, 5) is 31.0. The van der Waals surface area contributed by atoms with Gasteiger partial charge in [0, 0.05) is 75.8 Å². The van der Waals surface area contributed by atoms with Crippen molar-refractivity contribution in [1.82, 2.24) is 4.90 Å². The van der Waals surface area contributed by atoms with E-state index >= 15 is 0 Å². The molecule has 0 bridgehead atoms. The molecule has 1 N–H and O–H groups in total. The highest BCUT2D eigenvalue weighted by Gasteiger charge is 2.50. The molecule has 0 unspecified atom stereocenters. The number of thiophene rings is 1. The third-order valence-electron chi connectivity index (χ3n) is 9.07. The van der Waals surface area contributed by atoms with E-state index in [0.29, 0.717) is 43.2 Å². The van der Waals surface area contributed by atoms with Crippen LogP contribution >= 0.6 is 11.3 Å². The molecule has 3 fully saturated rings. The highest BCUT2D eigenvalue weighted by Crippen LogP contribution is 2.48. The third-order valence-corrected chi connectivity index (χ3v) is 10.3. The van der Waals surface area contributed by atoms with Crippen LogP contribution < -0.4 is 15.6 Å². The smallest absolute Gasteiger partial charge is 0.231 e. The Bertz CT molecular complexity index is 1910. The summed E-state index contributed by atoms with van der Waals surface area (Å²) in [5.41, 5.74) is 3.00. The number of carbonyl (C=O) groups excluding carboxylic acids is 1. The number of carbonyl (C=O) groups is 1. The average Bonchev–Trinajstić information content (AvgIpc) is 3.74. The quantitative estimate of drug-likeness (QED) is 0.269. The summed E-state index contributed by atoms with van der Waals surface area (Å²) < 4.78 is 19.7. The van der Waals surface area contributed by atoms with Crippen molar-refractivity contribution in [3.05, 3.63) is 70.9 Å². The molecule has 1 amide bonds. The lowest BCUT2D eigenvalue weighted by molar-refractivity contribution is -0.122. The lowest BCUT2D eigenvalue weighted by Crippen LogP contribution is -2.43. The van der Waals surface area contributed by atoms with Crippen molar-refractivity contribution in [2.45, 2.75) is 12.8 Å². The fourth-order valence-corrected chi connectivity index (χ4v) is 7.67. The second kappa shape index (κ2) is 10.7. The summed E-state index contributed by atoms with van der Waals surface area (Å²) >= 11 is 1.72. The van der Waals surface area contributed by atoms with Gasteiger partial charge >= 0.3 is 0 Å². The van der Waals surface area contributed by atoms with Crippen LogP contribution in [0, 0.1) is 5.41 Å². The number of anilines is 2. The van der Waals surface area contributed by atoms with E-state index in [1.807, 2.05) is 24.3 Å². The van der Waals surface area contributed by atoms with Crippen LogP contribution in [0.3, 0.4) is 0 Å². The van der Waals surface area contributed by atoms with Crippen LogP contribution in [0.15, 0.2) is 69.9 Å². The Balaban J connectivity index is 1.15. The minimum Gasteiger partial charge on any atom is -0.440 e. The van der Waals surface area contributed by atoms with Crippen LogP contribution in [-0.2, 0) is 14.3 Å². The zero-order valence-electron chi connectivity index (χ0n) is 23.9. The fourth-order valence-electron chi connectivity index (χ4n) is 6.46. The largest absolute Gasteiger partial charge is 0.440 e. The van der Waals surface area contributed by atoms with Gasteiger partial charge in [-0.05, 0) is 37.1 Å². The number of ether oxygens (including phenoxy) is 2.